The van der Waals surface area contributed by atoms with Gasteiger partial charge in [0.15, 0.2) is 0 Å². The van der Waals surface area contributed by atoms with Crippen molar-refractivity contribution in [2.45, 2.75) is 32.4 Å². The van der Waals surface area contributed by atoms with E-state index in [-0.39, 0.29) is 0 Å². The van der Waals surface area contributed by atoms with Crippen molar-refractivity contribution >= 4 is 11.6 Å². The zero-order valence-corrected chi connectivity index (χ0v) is 11.3. The summed E-state index contributed by atoms with van der Waals surface area (Å²) in [6.07, 6.45) is 0.567. The maximum atomic E-state index is 9.61. The van der Waals surface area contributed by atoms with Crippen LogP contribution in [0.2, 0.25) is 5.02 Å². The Labute approximate surface area is 108 Å². The van der Waals surface area contributed by atoms with Crippen molar-refractivity contribution < 1.29 is 9.84 Å². The van der Waals surface area contributed by atoms with Crippen LogP contribution in [0, 0.1) is 0 Å². The quantitative estimate of drug-likeness (QED) is 0.823. The molecule has 4 heteroatoms. The third-order valence-electron chi connectivity index (χ3n) is 2.38. The number of halogens is 1. The Hall–Kier alpha value is -0.770. The average Bonchev–Trinajstić information content (AvgIpc) is 2.21. The van der Waals surface area contributed by atoms with Gasteiger partial charge in [0, 0.05) is 18.5 Å². The van der Waals surface area contributed by atoms with Gasteiger partial charge in [0.05, 0.1) is 17.2 Å². The van der Waals surface area contributed by atoms with E-state index < -0.39 is 5.60 Å². The molecule has 0 radical (unpaired) electrons. The fourth-order valence-electron chi connectivity index (χ4n) is 1.45. The lowest BCUT2D eigenvalue weighted by molar-refractivity contribution is 0.0552. The second-order valence-corrected chi connectivity index (χ2v) is 5.08. The second-order valence-electron chi connectivity index (χ2n) is 4.67. The van der Waals surface area contributed by atoms with E-state index in [9.17, 15) is 5.11 Å². The minimum atomic E-state index is -0.718. The monoisotopic (exact) mass is 257 g/mol. The molecule has 0 bridgehead atoms. The van der Waals surface area contributed by atoms with Crippen molar-refractivity contribution in [2.75, 3.05) is 13.7 Å². The molecule has 0 saturated carbocycles. The Balaban J connectivity index is 2.68. The second kappa shape index (κ2) is 6.24. The molecule has 0 aliphatic rings. The number of para-hydroxylation sites is 1. The zero-order valence-electron chi connectivity index (χ0n) is 10.6. The minimum absolute atomic E-state index is 0.448. The summed E-state index contributed by atoms with van der Waals surface area (Å²) in [4.78, 5) is 0. The van der Waals surface area contributed by atoms with E-state index in [0.717, 1.165) is 5.56 Å². The third-order valence-corrected chi connectivity index (χ3v) is 2.67. The number of ether oxygens (including phenoxy) is 1. The lowest BCUT2D eigenvalue weighted by Gasteiger charge is -2.18. The SMILES string of the molecule is CNCc1cccc(Cl)c1OCCC(C)(C)O. The molecule has 0 aliphatic heterocycles. The number of rotatable bonds is 6. The van der Waals surface area contributed by atoms with Gasteiger partial charge in [0.1, 0.15) is 5.75 Å². The van der Waals surface area contributed by atoms with E-state index in [1.807, 2.05) is 19.2 Å². The first kappa shape index (κ1) is 14.3. The van der Waals surface area contributed by atoms with Crippen LogP contribution < -0.4 is 10.1 Å². The Morgan fingerprint density at radius 3 is 2.71 bits per heavy atom. The van der Waals surface area contributed by atoms with Gasteiger partial charge in [-0.15, -0.1) is 0 Å². The van der Waals surface area contributed by atoms with Crippen molar-refractivity contribution in [3.63, 3.8) is 0 Å². The smallest absolute Gasteiger partial charge is 0.142 e. The molecule has 3 nitrogen and oxygen atoms in total. The van der Waals surface area contributed by atoms with Crippen LogP contribution in [0.25, 0.3) is 0 Å². The summed E-state index contributed by atoms with van der Waals surface area (Å²) in [7, 11) is 1.88. The topological polar surface area (TPSA) is 41.5 Å². The first-order valence-corrected chi connectivity index (χ1v) is 6.09. The van der Waals surface area contributed by atoms with Crippen LogP contribution in [-0.4, -0.2) is 24.4 Å². The molecule has 0 heterocycles. The summed E-state index contributed by atoms with van der Waals surface area (Å²) in [6, 6.07) is 5.68. The predicted octanol–water partition coefficient (Wildman–Crippen LogP) is 2.60. The fourth-order valence-corrected chi connectivity index (χ4v) is 1.70. The van der Waals surface area contributed by atoms with Gasteiger partial charge in [0.2, 0.25) is 0 Å². The van der Waals surface area contributed by atoms with E-state index in [4.69, 9.17) is 16.3 Å². The van der Waals surface area contributed by atoms with Gasteiger partial charge in [0.25, 0.3) is 0 Å². The van der Waals surface area contributed by atoms with Crippen LogP contribution in [0.1, 0.15) is 25.8 Å². The minimum Gasteiger partial charge on any atom is -0.492 e. The van der Waals surface area contributed by atoms with Crippen molar-refractivity contribution in [1.82, 2.24) is 5.32 Å². The van der Waals surface area contributed by atoms with E-state index in [2.05, 4.69) is 5.32 Å². The molecule has 0 aromatic heterocycles. The highest BCUT2D eigenvalue weighted by atomic mass is 35.5. The zero-order chi connectivity index (χ0) is 12.9. The summed E-state index contributed by atoms with van der Waals surface area (Å²) in [6.45, 7) is 4.68. The van der Waals surface area contributed by atoms with Gasteiger partial charge in [-0.05, 0) is 27.0 Å². The van der Waals surface area contributed by atoms with Crippen molar-refractivity contribution in [2.24, 2.45) is 0 Å². The number of hydrogen-bond donors (Lipinski definition) is 2. The van der Waals surface area contributed by atoms with E-state index in [1.165, 1.54) is 0 Å². The average molecular weight is 258 g/mol. The highest BCUT2D eigenvalue weighted by Gasteiger charge is 2.14. The molecule has 0 spiro atoms. The molecule has 0 atom stereocenters. The first-order chi connectivity index (χ1) is 7.94. The molecule has 17 heavy (non-hydrogen) atoms. The highest BCUT2D eigenvalue weighted by molar-refractivity contribution is 6.32. The normalized spacial score (nSPS) is 11.6. The maximum Gasteiger partial charge on any atom is 0.142 e. The number of benzene rings is 1. The van der Waals surface area contributed by atoms with E-state index in [1.54, 1.807) is 19.9 Å². The standard InChI is InChI=1S/C13H20ClNO2/c1-13(2,16)7-8-17-12-10(9-15-3)5-4-6-11(12)14/h4-6,15-16H,7-9H2,1-3H3. The van der Waals surface area contributed by atoms with Crippen LogP contribution >= 0.6 is 11.6 Å². The molecule has 0 fully saturated rings. The summed E-state index contributed by atoms with van der Waals surface area (Å²) < 4.78 is 5.66. The summed E-state index contributed by atoms with van der Waals surface area (Å²) in [5.74, 6) is 0.702. The Morgan fingerprint density at radius 2 is 2.12 bits per heavy atom. The Bertz CT molecular complexity index is 361. The molecule has 1 aromatic rings. The molecule has 0 amide bonds. The molecule has 0 unspecified atom stereocenters. The molecule has 0 aliphatic carbocycles. The van der Waals surface area contributed by atoms with Gasteiger partial charge in [-0.2, -0.15) is 0 Å². The summed E-state index contributed by atoms with van der Waals surface area (Å²) in [5.41, 5.74) is 0.306. The van der Waals surface area contributed by atoms with Crippen LogP contribution in [0.3, 0.4) is 0 Å². The number of aliphatic hydroxyl groups is 1. The van der Waals surface area contributed by atoms with Gasteiger partial charge in [-0.1, -0.05) is 23.7 Å². The van der Waals surface area contributed by atoms with Crippen molar-refractivity contribution in [3.8, 4) is 5.75 Å². The molecular formula is C13H20ClNO2. The lowest BCUT2D eigenvalue weighted by Crippen LogP contribution is -2.22. The largest absolute Gasteiger partial charge is 0.492 e. The molecular weight excluding hydrogens is 238 g/mol. The molecule has 2 N–H and O–H groups in total. The number of hydrogen-bond acceptors (Lipinski definition) is 3. The van der Waals surface area contributed by atoms with Crippen LogP contribution in [-0.2, 0) is 6.54 Å². The Morgan fingerprint density at radius 1 is 1.41 bits per heavy atom. The van der Waals surface area contributed by atoms with Crippen LogP contribution in [0.15, 0.2) is 18.2 Å². The van der Waals surface area contributed by atoms with Crippen molar-refractivity contribution in [3.05, 3.63) is 28.8 Å². The van der Waals surface area contributed by atoms with Gasteiger partial charge in [-0.3, -0.25) is 0 Å². The molecule has 1 aromatic carbocycles. The first-order valence-electron chi connectivity index (χ1n) is 5.71. The summed E-state index contributed by atoms with van der Waals surface area (Å²) >= 11 is 6.10. The molecule has 96 valence electrons. The van der Waals surface area contributed by atoms with Crippen LogP contribution in [0.4, 0.5) is 0 Å². The Kier molecular flexibility index (Phi) is 5.25. The maximum absolute atomic E-state index is 9.61. The highest BCUT2D eigenvalue weighted by Crippen LogP contribution is 2.29. The number of nitrogens with one attached hydrogen (secondary N) is 1. The van der Waals surface area contributed by atoms with Gasteiger partial charge >= 0.3 is 0 Å². The van der Waals surface area contributed by atoms with E-state index in [0.29, 0.717) is 30.3 Å². The lowest BCUT2D eigenvalue weighted by atomic mass is 10.1. The van der Waals surface area contributed by atoms with Crippen LogP contribution in [0.5, 0.6) is 5.75 Å². The predicted molar refractivity (Wildman–Crippen MR) is 70.6 cm³/mol. The van der Waals surface area contributed by atoms with Gasteiger partial charge in [-0.25, -0.2) is 0 Å². The van der Waals surface area contributed by atoms with Gasteiger partial charge < -0.3 is 15.2 Å². The fraction of sp³-hybridized carbons (Fsp3) is 0.538. The molecule has 0 saturated heterocycles. The third kappa shape index (κ3) is 4.94. The molecule has 1 rings (SSSR count). The summed E-state index contributed by atoms with van der Waals surface area (Å²) in [5, 5.41) is 13.3. The van der Waals surface area contributed by atoms with Crippen molar-refractivity contribution in [1.29, 1.82) is 0 Å². The van der Waals surface area contributed by atoms with E-state index >= 15 is 0 Å².